The fourth-order valence-corrected chi connectivity index (χ4v) is 2.25. The molecule has 0 radical (unpaired) electrons. The minimum absolute atomic E-state index is 0.303. The second-order valence-corrected chi connectivity index (χ2v) is 5.01. The molecule has 1 unspecified atom stereocenters. The summed E-state index contributed by atoms with van der Waals surface area (Å²) in [5.41, 5.74) is -0.776. The zero-order valence-electron chi connectivity index (χ0n) is 11.0. The van der Waals surface area contributed by atoms with Crippen LogP contribution in [0.3, 0.4) is 0 Å². The van der Waals surface area contributed by atoms with E-state index < -0.39 is 17.6 Å². The van der Waals surface area contributed by atoms with Crippen LogP contribution in [0.15, 0.2) is 18.2 Å². The quantitative estimate of drug-likeness (QED) is 0.663. The highest BCUT2D eigenvalue weighted by Crippen LogP contribution is 2.31. The smallest absolute Gasteiger partial charge is 0.381 e. The van der Waals surface area contributed by atoms with Gasteiger partial charge in [-0.3, -0.25) is 0 Å². The third-order valence-corrected chi connectivity index (χ3v) is 3.42. The van der Waals surface area contributed by atoms with Crippen molar-refractivity contribution in [2.45, 2.75) is 25.6 Å². The molecule has 1 aliphatic rings. The van der Waals surface area contributed by atoms with Gasteiger partial charge < -0.3 is 10.1 Å². The number of hydrogen-bond acceptors (Lipinski definition) is 2. The fourth-order valence-electron chi connectivity index (χ4n) is 2.25. The van der Waals surface area contributed by atoms with Crippen LogP contribution in [-0.4, -0.2) is 19.8 Å². The van der Waals surface area contributed by atoms with Crippen LogP contribution >= 0.6 is 0 Å². The first-order valence-electron chi connectivity index (χ1n) is 6.61. The lowest BCUT2D eigenvalue weighted by Gasteiger charge is -2.11. The van der Waals surface area contributed by atoms with E-state index in [1.807, 2.05) is 0 Å². The van der Waals surface area contributed by atoms with Crippen molar-refractivity contribution in [2.24, 2.45) is 5.92 Å². The second-order valence-electron chi connectivity index (χ2n) is 5.01. The van der Waals surface area contributed by atoms with Crippen LogP contribution in [0.1, 0.15) is 24.0 Å². The first-order chi connectivity index (χ1) is 9.47. The Balaban J connectivity index is 1.83. The Morgan fingerprint density at radius 2 is 2.10 bits per heavy atom. The monoisotopic (exact) mass is 291 g/mol. The van der Waals surface area contributed by atoms with E-state index in [-0.39, 0.29) is 0 Å². The molecule has 2 nitrogen and oxygen atoms in total. The van der Waals surface area contributed by atoms with E-state index in [4.69, 9.17) is 4.74 Å². The van der Waals surface area contributed by atoms with Gasteiger partial charge in [0.25, 0.3) is 0 Å². The van der Waals surface area contributed by atoms with E-state index in [0.717, 1.165) is 38.2 Å². The summed E-state index contributed by atoms with van der Waals surface area (Å²) in [6.07, 6.45) is -2.68. The van der Waals surface area contributed by atoms with E-state index >= 15 is 0 Å². The van der Waals surface area contributed by atoms with E-state index in [1.165, 1.54) is 6.07 Å². The fraction of sp³-hybridized carbons (Fsp3) is 0.571. The Morgan fingerprint density at radius 3 is 2.75 bits per heavy atom. The Hall–Kier alpha value is -1.14. The summed E-state index contributed by atoms with van der Waals surface area (Å²) in [5.74, 6) is -0.703. The molecule has 112 valence electrons. The van der Waals surface area contributed by atoms with E-state index in [0.29, 0.717) is 24.6 Å². The van der Waals surface area contributed by atoms with Gasteiger partial charge in [-0.15, -0.1) is 0 Å². The van der Waals surface area contributed by atoms with Gasteiger partial charge in [0.2, 0.25) is 0 Å². The molecular formula is C14H17F4NO. The maximum absolute atomic E-state index is 13.1. The van der Waals surface area contributed by atoms with E-state index in [2.05, 4.69) is 5.32 Å². The van der Waals surface area contributed by atoms with Gasteiger partial charge in [-0.2, -0.15) is 13.2 Å². The Bertz CT molecular complexity index is 441. The van der Waals surface area contributed by atoms with Crippen LogP contribution < -0.4 is 5.32 Å². The highest BCUT2D eigenvalue weighted by atomic mass is 19.4. The molecule has 1 N–H and O–H groups in total. The van der Waals surface area contributed by atoms with Gasteiger partial charge in [0, 0.05) is 19.8 Å². The van der Waals surface area contributed by atoms with Crippen molar-refractivity contribution in [3.8, 4) is 0 Å². The maximum Gasteiger partial charge on any atom is 0.419 e. The molecule has 0 aromatic heterocycles. The molecule has 1 aliphatic heterocycles. The second kappa shape index (κ2) is 6.54. The molecule has 0 amide bonds. The van der Waals surface area contributed by atoms with Crippen molar-refractivity contribution in [2.75, 3.05) is 19.8 Å². The summed E-state index contributed by atoms with van der Waals surface area (Å²) < 4.78 is 56.0. The first-order valence-corrected chi connectivity index (χ1v) is 6.61. The number of hydrogen-bond donors (Lipinski definition) is 1. The molecular weight excluding hydrogens is 274 g/mol. The summed E-state index contributed by atoms with van der Waals surface area (Å²) in [5, 5.41) is 3.08. The molecule has 0 bridgehead atoms. The number of alkyl halides is 3. The number of nitrogens with one attached hydrogen (secondary N) is 1. The normalized spacial score (nSPS) is 19.5. The highest BCUT2D eigenvalue weighted by molar-refractivity contribution is 5.27. The lowest BCUT2D eigenvalue weighted by molar-refractivity contribution is -0.140. The van der Waals surface area contributed by atoms with Crippen molar-refractivity contribution >= 4 is 0 Å². The third kappa shape index (κ3) is 4.18. The average molecular weight is 291 g/mol. The molecule has 6 heteroatoms. The molecule has 20 heavy (non-hydrogen) atoms. The Morgan fingerprint density at radius 1 is 1.30 bits per heavy atom. The van der Waals surface area contributed by atoms with Crippen LogP contribution in [0, 0.1) is 11.7 Å². The third-order valence-electron chi connectivity index (χ3n) is 3.42. The highest BCUT2D eigenvalue weighted by Gasteiger charge is 2.34. The van der Waals surface area contributed by atoms with Crippen LogP contribution in [-0.2, 0) is 17.5 Å². The predicted octanol–water partition coefficient (Wildman–Crippen LogP) is 3.36. The molecule has 1 heterocycles. The molecule has 1 aromatic carbocycles. The first kappa shape index (κ1) is 15.3. The number of halogens is 4. The van der Waals surface area contributed by atoms with Crippen LogP contribution in [0.5, 0.6) is 0 Å². The Labute approximate surface area is 115 Å². The van der Waals surface area contributed by atoms with Crippen LogP contribution in [0.2, 0.25) is 0 Å². The number of rotatable bonds is 5. The predicted molar refractivity (Wildman–Crippen MR) is 66.7 cm³/mol. The maximum atomic E-state index is 13.1. The Kier molecular flexibility index (Phi) is 4.99. The number of ether oxygens (including phenoxy) is 1. The molecule has 1 aromatic rings. The van der Waals surface area contributed by atoms with Gasteiger partial charge in [-0.1, -0.05) is 6.07 Å². The van der Waals surface area contributed by atoms with Crippen molar-refractivity contribution in [3.63, 3.8) is 0 Å². The summed E-state index contributed by atoms with van der Waals surface area (Å²) in [6.45, 7) is 2.57. The minimum atomic E-state index is -4.65. The van der Waals surface area contributed by atoms with Gasteiger partial charge in [-0.05, 0) is 43.0 Å². The molecule has 1 atom stereocenters. The minimum Gasteiger partial charge on any atom is -0.381 e. The van der Waals surface area contributed by atoms with Gasteiger partial charge in [0.15, 0.2) is 0 Å². The number of benzene rings is 1. The van der Waals surface area contributed by atoms with E-state index in [9.17, 15) is 17.6 Å². The molecule has 1 fully saturated rings. The van der Waals surface area contributed by atoms with Crippen molar-refractivity contribution in [1.82, 2.24) is 5.32 Å². The molecule has 0 saturated carbocycles. The zero-order chi connectivity index (χ0) is 14.6. The average Bonchev–Trinajstić information content (AvgIpc) is 2.88. The van der Waals surface area contributed by atoms with Gasteiger partial charge >= 0.3 is 6.18 Å². The van der Waals surface area contributed by atoms with Crippen molar-refractivity contribution in [3.05, 3.63) is 35.1 Å². The summed E-state index contributed by atoms with van der Waals surface area (Å²) >= 11 is 0. The zero-order valence-corrected chi connectivity index (χ0v) is 11.0. The summed E-state index contributed by atoms with van der Waals surface area (Å²) in [4.78, 5) is 0. The summed E-state index contributed by atoms with van der Waals surface area (Å²) in [7, 11) is 0. The van der Waals surface area contributed by atoms with Crippen LogP contribution in [0.4, 0.5) is 17.6 Å². The SMILES string of the molecule is Fc1ccc(CNCCC2CCOC2)cc1C(F)(F)F. The van der Waals surface area contributed by atoms with Gasteiger partial charge in [0.05, 0.1) is 5.56 Å². The molecule has 0 spiro atoms. The van der Waals surface area contributed by atoms with Crippen LogP contribution in [0.25, 0.3) is 0 Å². The van der Waals surface area contributed by atoms with E-state index in [1.54, 1.807) is 0 Å². The van der Waals surface area contributed by atoms with Gasteiger partial charge in [0.1, 0.15) is 5.82 Å². The lowest BCUT2D eigenvalue weighted by atomic mass is 10.1. The standard InChI is InChI=1S/C14H17F4NO/c15-13-2-1-11(7-12(13)14(16,17)18)8-19-5-3-10-4-6-20-9-10/h1-2,7,10,19H,3-6,8-9H2. The molecule has 2 rings (SSSR count). The molecule has 1 saturated heterocycles. The largest absolute Gasteiger partial charge is 0.419 e. The van der Waals surface area contributed by atoms with Crippen molar-refractivity contribution in [1.29, 1.82) is 0 Å². The van der Waals surface area contributed by atoms with Crippen molar-refractivity contribution < 1.29 is 22.3 Å². The topological polar surface area (TPSA) is 21.3 Å². The summed E-state index contributed by atoms with van der Waals surface area (Å²) in [6, 6.07) is 3.10. The molecule has 0 aliphatic carbocycles. The van der Waals surface area contributed by atoms with Gasteiger partial charge in [-0.25, -0.2) is 4.39 Å². The lowest BCUT2D eigenvalue weighted by Crippen LogP contribution is -2.18.